The Bertz CT molecular complexity index is 682. The Morgan fingerprint density at radius 2 is 2.00 bits per heavy atom. The molecule has 0 saturated carbocycles. The van der Waals surface area contributed by atoms with Gasteiger partial charge in [-0.2, -0.15) is 5.10 Å². The average Bonchev–Trinajstić information content (AvgIpc) is 2.97. The average molecular weight is 271 g/mol. The molecule has 2 aromatic heterocycles. The van der Waals surface area contributed by atoms with Crippen LogP contribution in [0, 0.1) is 6.92 Å². The van der Waals surface area contributed by atoms with Gasteiger partial charge in [-0.15, -0.1) is 0 Å². The molecule has 19 heavy (non-hydrogen) atoms. The standard InChI is InChI=1S/C15H17N3S/c1-3-4-10-13-17-18-11(2)14(16-15(18)19-13)12-8-6-5-7-9-12/h5-9H,3-4,10H2,1-2H3. The van der Waals surface area contributed by atoms with Crippen LogP contribution in [0.5, 0.6) is 0 Å². The van der Waals surface area contributed by atoms with Crippen molar-refractivity contribution in [3.8, 4) is 11.3 Å². The largest absolute Gasteiger partial charge is 0.217 e. The van der Waals surface area contributed by atoms with Crippen LogP contribution in [0.1, 0.15) is 30.5 Å². The Balaban J connectivity index is 2.01. The van der Waals surface area contributed by atoms with E-state index in [0.29, 0.717) is 0 Å². The van der Waals surface area contributed by atoms with Gasteiger partial charge >= 0.3 is 0 Å². The van der Waals surface area contributed by atoms with Crippen molar-refractivity contribution >= 4 is 16.3 Å². The number of rotatable bonds is 4. The molecule has 0 aliphatic heterocycles. The summed E-state index contributed by atoms with van der Waals surface area (Å²) >= 11 is 1.71. The summed E-state index contributed by atoms with van der Waals surface area (Å²) in [5, 5.41) is 5.86. The molecule has 3 rings (SSSR count). The van der Waals surface area contributed by atoms with Gasteiger partial charge in [-0.25, -0.2) is 9.50 Å². The van der Waals surface area contributed by atoms with Crippen LogP contribution in [0.3, 0.4) is 0 Å². The number of hydrogen-bond donors (Lipinski definition) is 0. The van der Waals surface area contributed by atoms with Crippen molar-refractivity contribution in [3.63, 3.8) is 0 Å². The first-order valence-electron chi connectivity index (χ1n) is 6.70. The number of fused-ring (bicyclic) bond motifs is 1. The van der Waals surface area contributed by atoms with Crippen LogP contribution >= 0.6 is 11.3 Å². The summed E-state index contributed by atoms with van der Waals surface area (Å²) in [7, 11) is 0. The maximum absolute atomic E-state index is 4.73. The van der Waals surface area contributed by atoms with Crippen LogP contribution in [0.4, 0.5) is 0 Å². The molecule has 0 unspecified atom stereocenters. The molecule has 4 heteroatoms. The molecule has 0 aliphatic rings. The van der Waals surface area contributed by atoms with Gasteiger partial charge in [0.15, 0.2) is 0 Å². The van der Waals surface area contributed by atoms with E-state index in [1.807, 2.05) is 22.7 Å². The second-order valence-electron chi connectivity index (χ2n) is 4.71. The third-order valence-corrected chi connectivity index (χ3v) is 4.23. The molecule has 0 fully saturated rings. The van der Waals surface area contributed by atoms with Crippen molar-refractivity contribution in [2.75, 3.05) is 0 Å². The van der Waals surface area contributed by atoms with Crippen molar-refractivity contribution in [1.82, 2.24) is 14.6 Å². The fourth-order valence-electron chi connectivity index (χ4n) is 2.19. The van der Waals surface area contributed by atoms with E-state index in [9.17, 15) is 0 Å². The van der Waals surface area contributed by atoms with Crippen LogP contribution in [-0.4, -0.2) is 14.6 Å². The van der Waals surface area contributed by atoms with Crippen molar-refractivity contribution in [3.05, 3.63) is 41.0 Å². The lowest BCUT2D eigenvalue weighted by atomic mass is 10.1. The smallest absolute Gasteiger partial charge is 0.212 e. The molecule has 0 amide bonds. The Kier molecular flexibility index (Phi) is 3.34. The fourth-order valence-corrected chi connectivity index (χ4v) is 3.17. The molecule has 0 aliphatic carbocycles. The minimum atomic E-state index is 1.00. The molecule has 3 aromatic rings. The Labute approximate surface area is 116 Å². The van der Waals surface area contributed by atoms with Gasteiger partial charge in [-0.05, 0) is 13.3 Å². The fraction of sp³-hybridized carbons (Fsp3) is 0.333. The maximum atomic E-state index is 4.73. The first-order valence-corrected chi connectivity index (χ1v) is 7.51. The normalized spacial score (nSPS) is 11.3. The van der Waals surface area contributed by atoms with Gasteiger partial charge in [-0.1, -0.05) is 55.0 Å². The second-order valence-corrected chi connectivity index (χ2v) is 5.75. The molecule has 0 saturated heterocycles. The molecular formula is C15H17N3S. The van der Waals surface area contributed by atoms with Crippen LogP contribution in [0.25, 0.3) is 16.2 Å². The lowest BCUT2D eigenvalue weighted by Crippen LogP contribution is -1.91. The third kappa shape index (κ3) is 2.28. The van der Waals surface area contributed by atoms with Crippen LogP contribution in [-0.2, 0) is 6.42 Å². The number of aryl methyl sites for hydroxylation is 2. The maximum Gasteiger partial charge on any atom is 0.212 e. The van der Waals surface area contributed by atoms with E-state index in [2.05, 4.69) is 31.1 Å². The predicted molar refractivity (Wildman–Crippen MR) is 79.6 cm³/mol. The van der Waals surface area contributed by atoms with Crippen molar-refractivity contribution < 1.29 is 0 Å². The molecular weight excluding hydrogens is 254 g/mol. The van der Waals surface area contributed by atoms with E-state index in [-0.39, 0.29) is 0 Å². The zero-order valence-corrected chi connectivity index (χ0v) is 12.1. The van der Waals surface area contributed by atoms with Gasteiger partial charge in [0, 0.05) is 12.0 Å². The molecule has 0 spiro atoms. The number of unbranched alkanes of at least 4 members (excludes halogenated alkanes) is 1. The summed E-state index contributed by atoms with van der Waals surface area (Å²) in [6, 6.07) is 10.3. The quantitative estimate of drug-likeness (QED) is 0.715. The van der Waals surface area contributed by atoms with Crippen LogP contribution in [0.2, 0.25) is 0 Å². The second kappa shape index (κ2) is 5.13. The van der Waals surface area contributed by atoms with Gasteiger partial charge in [0.05, 0.1) is 11.4 Å². The molecule has 0 radical (unpaired) electrons. The van der Waals surface area contributed by atoms with Crippen molar-refractivity contribution in [1.29, 1.82) is 0 Å². The monoisotopic (exact) mass is 271 g/mol. The van der Waals surface area contributed by atoms with E-state index in [0.717, 1.165) is 28.3 Å². The minimum Gasteiger partial charge on any atom is -0.217 e. The number of nitrogens with zero attached hydrogens (tertiary/aromatic N) is 3. The Hall–Kier alpha value is -1.68. The number of hydrogen-bond acceptors (Lipinski definition) is 3. The number of imidazole rings is 1. The summed E-state index contributed by atoms with van der Waals surface area (Å²) in [6.45, 7) is 4.29. The molecule has 0 bridgehead atoms. The first-order chi connectivity index (χ1) is 9.29. The Morgan fingerprint density at radius 3 is 2.68 bits per heavy atom. The van der Waals surface area contributed by atoms with Gasteiger partial charge in [0.2, 0.25) is 4.96 Å². The predicted octanol–water partition coefficient (Wildman–Crippen LogP) is 4.11. The van der Waals surface area contributed by atoms with Crippen LogP contribution < -0.4 is 0 Å². The van der Waals surface area contributed by atoms with E-state index >= 15 is 0 Å². The van der Waals surface area contributed by atoms with Crippen LogP contribution in [0.15, 0.2) is 30.3 Å². The SMILES string of the molecule is CCCCc1nn2c(C)c(-c3ccccc3)nc2s1. The molecule has 3 nitrogen and oxygen atoms in total. The lowest BCUT2D eigenvalue weighted by Gasteiger charge is -1.98. The summed E-state index contributed by atoms with van der Waals surface area (Å²) < 4.78 is 1.98. The van der Waals surface area contributed by atoms with Crippen molar-refractivity contribution in [2.45, 2.75) is 33.1 Å². The zero-order valence-electron chi connectivity index (χ0n) is 11.3. The number of aromatic nitrogens is 3. The molecule has 0 atom stereocenters. The van der Waals surface area contributed by atoms with E-state index < -0.39 is 0 Å². The van der Waals surface area contributed by atoms with Gasteiger partial charge in [-0.3, -0.25) is 0 Å². The topological polar surface area (TPSA) is 30.2 Å². The summed E-state index contributed by atoms with van der Waals surface area (Å²) in [4.78, 5) is 5.73. The van der Waals surface area contributed by atoms with E-state index in [1.165, 1.54) is 17.8 Å². The summed E-state index contributed by atoms with van der Waals surface area (Å²) in [6.07, 6.45) is 3.46. The molecule has 0 N–H and O–H groups in total. The van der Waals surface area contributed by atoms with Gasteiger partial charge in [0.1, 0.15) is 5.01 Å². The first kappa shape index (κ1) is 12.4. The third-order valence-electron chi connectivity index (χ3n) is 3.26. The highest BCUT2D eigenvalue weighted by atomic mass is 32.1. The Morgan fingerprint density at radius 1 is 1.21 bits per heavy atom. The van der Waals surface area contributed by atoms with Gasteiger partial charge < -0.3 is 0 Å². The molecule has 98 valence electrons. The highest BCUT2D eigenvalue weighted by Gasteiger charge is 2.14. The minimum absolute atomic E-state index is 1.00. The highest BCUT2D eigenvalue weighted by Crippen LogP contribution is 2.26. The van der Waals surface area contributed by atoms with E-state index in [1.54, 1.807) is 11.3 Å². The number of benzene rings is 1. The van der Waals surface area contributed by atoms with Gasteiger partial charge in [0.25, 0.3) is 0 Å². The zero-order chi connectivity index (χ0) is 13.2. The molecule has 1 aromatic carbocycles. The highest BCUT2D eigenvalue weighted by molar-refractivity contribution is 7.16. The summed E-state index contributed by atoms with van der Waals surface area (Å²) in [5.74, 6) is 0. The summed E-state index contributed by atoms with van der Waals surface area (Å²) in [5.41, 5.74) is 3.33. The van der Waals surface area contributed by atoms with Crippen molar-refractivity contribution in [2.24, 2.45) is 0 Å². The van der Waals surface area contributed by atoms with E-state index in [4.69, 9.17) is 4.98 Å². The molecule has 2 heterocycles. The lowest BCUT2D eigenvalue weighted by molar-refractivity contribution is 0.766.